The highest BCUT2D eigenvalue weighted by Crippen LogP contribution is 1.95. The Morgan fingerprint density at radius 1 is 1.50 bits per heavy atom. The monoisotopic (exact) mass is 229 g/mol. The highest BCUT2D eigenvalue weighted by atomic mass is 16.5. The fourth-order valence-electron chi connectivity index (χ4n) is 1.57. The molecule has 16 heavy (non-hydrogen) atoms. The van der Waals surface area contributed by atoms with E-state index in [1.807, 2.05) is 0 Å². The summed E-state index contributed by atoms with van der Waals surface area (Å²) in [7, 11) is 0. The van der Waals surface area contributed by atoms with Crippen molar-refractivity contribution in [2.45, 2.75) is 26.3 Å². The molecule has 0 radical (unpaired) electrons. The van der Waals surface area contributed by atoms with Gasteiger partial charge in [-0.3, -0.25) is 0 Å². The van der Waals surface area contributed by atoms with Gasteiger partial charge in [0.15, 0.2) is 0 Å². The number of hydrogen-bond donors (Lipinski definition) is 2. The average molecular weight is 229 g/mol. The van der Waals surface area contributed by atoms with E-state index in [9.17, 15) is 4.79 Å². The number of nitrogens with zero attached hydrogens (tertiary/aromatic N) is 1. The van der Waals surface area contributed by atoms with E-state index < -0.39 is 0 Å². The maximum Gasteiger partial charge on any atom is 0.317 e. The molecule has 5 nitrogen and oxygen atoms in total. The predicted molar refractivity (Wildman–Crippen MR) is 63.5 cm³/mol. The standard InChI is InChI=1S/C11H23N3O2/c1-10(2)12-4-3-8-16-9-7-14-6-5-13-11(14)15/h10,12H,3-9H2,1-2H3,(H,13,15). The van der Waals surface area contributed by atoms with E-state index in [1.165, 1.54) is 0 Å². The molecule has 1 aliphatic heterocycles. The van der Waals surface area contributed by atoms with Crippen molar-refractivity contribution in [3.8, 4) is 0 Å². The molecular weight excluding hydrogens is 206 g/mol. The Hall–Kier alpha value is -0.810. The van der Waals surface area contributed by atoms with Gasteiger partial charge in [0.25, 0.3) is 0 Å². The van der Waals surface area contributed by atoms with Gasteiger partial charge >= 0.3 is 6.03 Å². The van der Waals surface area contributed by atoms with Crippen molar-refractivity contribution in [3.63, 3.8) is 0 Å². The van der Waals surface area contributed by atoms with Gasteiger partial charge in [-0.25, -0.2) is 4.79 Å². The first-order valence-corrected chi connectivity index (χ1v) is 6.04. The lowest BCUT2D eigenvalue weighted by molar-refractivity contribution is 0.113. The fraction of sp³-hybridized carbons (Fsp3) is 0.909. The minimum Gasteiger partial charge on any atom is -0.380 e. The van der Waals surface area contributed by atoms with Gasteiger partial charge in [0.1, 0.15) is 0 Å². The van der Waals surface area contributed by atoms with E-state index in [-0.39, 0.29) is 6.03 Å². The summed E-state index contributed by atoms with van der Waals surface area (Å²) in [5, 5.41) is 6.09. The van der Waals surface area contributed by atoms with Crippen molar-refractivity contribution in [2.24, 2.45) is 0 Å². The van der Waals surface area contributed by atoms with Crippen LogP contribution in [0, 0.1) is 0 Å². The number of urea groups is 1. The van der Waals surface area contributed by atoms with Gasteiger partial charge in [0.05, 0.1) is 6.61 Å². The number of carbonyl (C=O) groups is 1. The van der Waals surface area contributed by atoms with Crippen LogP contribution in [0.15, 0.2) is 0 Å². The first-order chi connectivity index (χ1) is 7.70. The van der Waals surface area contributed by atoms with Crippen molar-refractivity contribution in [2.75, 3.05) is 39.4 Å². The highest BCUT2D eigenvalue weighted by Gasteiger charge is 2.18. The molecule has 0 aromatic carbocycles. The molecule has 0 aromatic heterocycles. The van der Waals surface area contributed by atoms with E-state index in [0.29, 0.717) is 19.2 Å². The van der Waals surface area contributed by atoms with E-state index in [2.05, 4.69) is 24.5 Å². The van der Waals surface area contributed by atoms with Gasteiger partial charge in [-0.15, -0.1) is 0 Å². The summed E-state index contributed by atoms with van der Waals surface area (Å²) in [6.07, 6.45) is 1.02. The zero-order valence-electron chi connectivity index (χ0n) is 10.3. The van der Waals surface area contributed by atoms with Gasteiger partial charge in [-0.05, 0) is 13.0 Å². The normalized spacial score (nSPS) is 15.9. The van der Waals surface area contributed by atoms with Crippen LogP contribution in [0.2, 0.25) is 0 Å². The molecule has 1 heterocycles. The molecule has 94 valence electrons. The zero-order valence-corrected chi connectivity index (χ0v) is 10.3. The minimum absolute atomic E-state index is 0.0325. The van der Waals surface area contributed by atoms with Crippen molar-refractivity contribution in [1.82, 2.24) is 15.5 Å². The minimum atomic E-state index is 0.0325. The maximum atomic E-state index is 11.2. The number of hydrogen-bond acceptors (Lipinski definition) is 3. The Kier molecular flexibility index (Phi) is 6.18. The Labute approximate surface area is 97.5 Å². The lowest BCUT2D eigenvalue weighted by Gasteiger charge is -2.14. The Balaban J connectivity index is 1.86. The van der Waals surface area contributed by atoms with Crippen LogP contribution >= 0.6 is 0 Å². The first kappa shape index (κ1) is 13.3. The topological polar surface area (TPSA) is 53.6 Å². The third-order valence-electron chi connectivity index (χ3n) is 2.47. The number of amides is 2. The van der Waals surface area contributed by atoms with E-state index in [0.717, 1.165) is 32.7 Å². The van der Waals surface area contributed by atoms with Crippen LogP contribution in [0.5, 0.6) is 0 Å². The SMILES string of the molecule is CC(C)NCCCOCCN1CCNC1=O. The van der Waals surface area contributed by atoms with Crippen LogP contribution in [-0.2, 0) is 4.74 Å². The molecule has 1 fully saturated rings. The molecule has 0 aromatic rings. The summed E-state index contributed by atoms with van der Waals surface area (Å²) < 4.78 is 5.46. The molecule has 0 unspecified atom stereocenters. The number of rotatable bonds is 8. The van der Waals surface area contributed by atoms with Crippen molar-refractivity contribution >= 4 is 6.03 Å². The summed E-state index contributed by atoms with van der Waals surface area (Å²) >= 11 is 0. The molecular formula is C11H23N3O2. The third-order valence-corrected chi connectivity index (χ3v) is 2.47. The zero-order chi connectivity index (χ0) is 11.8. The van der Waals surface area contributed by atoms with Crippen LogP contribution in [-0.4, -0.2) is 56.4 Å². The van der Waals surface area contributed by atoms with E-state index in [4.69, 9.17) is 4.74 Å². The highest BCUT2D eigenvalue weighted by molar-refractivity contribution is 5.76. The van der Waals surface area contributed by atoms with Gasteiger partial charge in [-0.2, -0.15) is 0 Å². The van der Waals surface area contributed by atoms with Gasteiger partial charge in [-0.1, -0.05) is 13.8 Å². The molecule has 2 N–H and O–H groups in total. The molecule has 2 amide bonds. The summed E-state index contributed by atoms with van der Waals surface area (Å²) in [4.78, 5) is 12.9. The molecule has 0 spiro atoms. The second kappa shape index (κ2) is 7.46. The smallest absolute Gasteiger partial charge is 0.317 e. The maximum absolute atomic E-state index is 11.2. The third kappa shape index (κ3) is 5.32. The van der Waals surface area contributed by atoms with Gasteiger partial charge < -0.3 is 20.3 Å². The van der Waals surface area contributed by atoms with Crippen LogP contribution in [0.1, 0.15) is 20.3 Å². The number of ether oxygens (including phenoxy) is 1. The first-order valence-electron chi connectivity index (χ1n) is 6.04. The molecule has 0 saturated carbocycles. The molecule has 1 saturated heterocycles. The fourth-order valence-corrected chi connectivity index (χ4v) is 1.57. The second-order valence-electron chi connectivity index (χ2n) is 4.29. The largest absolute Gasteiger partial charge is 0.380 e. The second-order valence-corrected chi connectivity index (χ2v) is 4.29. The summed E-state index contributed by atoms with van der Waals surface area (Å²) in [5.41, 5.74) is 0. The summed E-state index contributed by atoms with van der Waals surface area (Å²) in [5.74, 6) is 0. The molecule has 5 heteroatoms. The molecule has 1 rings (SSSR count). The van der Waals surface area contributed by atoms with Crippen LogP contribution in [0.25, 0.3) is 0 Å². The van der Waals surface area contributed by atoms with E-state index in [1.54, 1.807) is 4.90 Å². The Morgan fingerprint density at radius 2 is 2.31 bits per heavy atom. The molecule has 1 aliphatic rings. The van der Waals surface area contributed by atoms with Gasteiger partial charge in [0.2, 0.25) is 0 Å². The number of nitrogens with one attached hydrogen (secondary N) is 2. The Morgan fingerprint density at radius 3 is 2.94 bits per heavy atom. The Bertz CT molecular complexity index is 209. The molecule has 0 bridgehead atoms. The van der Waals surface area contributed by atoms with Gasteiger partial charge in [0, 0.05) is 32.3 Å². The van der Waals surface area contributed by atoms with Crippen molar-refractivity contribution in [3.05, 3.63) is 0 Å². The van der Waals surface area contributed by atoms with Crippen LogP contribution in [0.3, 0.4) is 0 Å². The number of carbonyl (C=O) groups excluding carboxylic acids is 1. The average Bonchev–Trinajstić information content (AvgIpc) is 2.62. The van der Waals surface area contributed by atoms with Crippen LogP contribution < -0.4 is 10.6 Å². The van der Waals surface area contributed by atoms with Crippen molar-refractivity contribution in [1.29, 1.82) is 0 Å². The molecule has 0 atom stereocenters. The summed E-state index contributed by atoms with van der Waals surface area (Å²) in [6, 6.07) is 0.568. The quantitative estimate of drug-likeness (QED) is 0.593. The lowest BCUT2D eigenvalue weighted by atomic mass is 10.3. The van der Waals surface area contributed by atoms with Crippen molar-refractivity contribution < 1.29 is 9.53 Å². The van der Waals surface area contributed by atoms with E-state index >= 15 is 0 Å². The molecule has 0 aliphatic carbocycles. The summed E-state index contributed by atoms with van der Waals surface area (Å²) in [6.45, 7) is 8.91. The van der Waals surface area contributed by atoms with Crippen LogP contribution in [0.4, 0.5) is 4.79 Å². The predicted octanol–water partition coefficient (Wildman–Crippen LogP) is 0.416. The lowest BCUT2D eigenvalue weighted by Crippen LogP contribution is -2.31.